The molecule has 4 heterocycles. The topological polar surface area (TPSA) is 91.1 Å². The molecular weight excluding hydrogens is 689 g/mol. The summed E-state index contributed by atoms with van der Waals surface area (Å²) in [4.78, 5) is 49.4. The molecule has 7 rings (SSSR count). The Labute approximate surface area is 282 Å². The Hall–Kier alpha value is -4.78. The first-order valence-electron chi connectivity index (χ1n) is 15.5. The van der Waals surface area contributed by atoms with Gasteiger partial charge in [-0.05, 0) is 61.4 Å². The number of carbonyl (C=O) groups is 3. The van der Waals surface area contributed by atoms with Crippen LogP contribution in [-0.2, 0) is 22.2 Å². The van der Waals surface area contributed by atoms with E-state index in [2.05, 4.69) is 20.9 Å². The molecule has 13 heteroatoms. The van der Waals surface area contributed by atoms with Crippen LogP contribution >= 0.6 is 15.9 Å². The summed E-state index contributed by atoms with van der Waals surface area (Å²) in [6.07, 6.45) is -2.11. The number of piperidine rings is 1. The summed E-state index contributed by atoms with van der Waals surface area (Å²) < 4.78 is 42.7. The fourth-order valence-corrected chi connectivity index (χ4v) is 7.33. The molecule has 0 spiro atoms. The number of hydrogen-bond acceptors (Lipinski definition) is 5. The SMILES string of the molecule is C[C@H]1CC2C(=O)N(c3ccc(C4=NCC(=O)N4C)cc3)c3c(Cc4ccccc4)cnn3C2CN1C(=O)c1ccc(Br)c(C(F)(F)F)c1. The number of aromatic nitrogens is 2. The maximum absolute atomic E-state index is 14.5. The number of aliphatic imine (C=N–C) groups is 1. The maximum atomic E-state index is 14.5. The van der Waals surface area contributed by atoms with Crippen LogP contribution in [0, 0.1) is 5.92 Å². The lowest BCUT2D eigenvalue weighted by Gasteiger charge is -2.47. The molecule has 3 aromatic carbocycles. The monoisotopic (exact) mass is 718 g/mol. The van der Waals surface area contributed by atoms with Gasteiger partial charge >= 0.3 is 6.18 Å². The minimum atomic E-state index is -4.64. The number of halogens is 4. The second-order valence-corrected chi connectivity index (χ2v) is 13.2. The third-order valence-electron chi connectivity index (χ3n) is 9.34. The molecule has 0 bridgehead atoms. The second kappa shape index (κ2) is 12.0. The number of hydrogen-bond donors (Lipinski definition) is 0. The highest BCUT2D eigenvalue weighted by molar-refractivity contribution is 9.10. The minimum Gasteiger partial charge on any atom is -0.334 e. The van der Waals surface area contributed by atoms with E-state index in [-0.39, 0.29) is 34.9 Å². The van der Waals surface area contributed by atoms with Crippen LogP contribution < -0.4 is 4.90 Å². The Morgan fingerprint density at radius 1 is 1.02 bits per heavy atom. The zero-order valence-electron chi connectivity index (χ0n) is 26.0. The molecule has 0 saturated carbocycles. The van der Waals surface area contributed by atoms with Crippen molar-refractivity contribution in [2.45, 2.75) is 38.0 Å². The van der Waals surface area contributed by atoms with Gasteiger partial charge in [0, 0.05) is 47.2 Å². The molecule has 9 nitrogen and oxygen atoms in total. The molecular formula is C35H30BrF3N6O3. The van der Waals surface area contributed by atoms with E-state index in [1.165, 1.54) is 17.0 Å². The quantitative estimate of drug-likeness (QED) is 0.244. The number of fused-ring (bicyclic) bond motifs is 3. The van der Waals surface area contributed by atoms with E-state index in [1.807, 2.05) is 61.5 Å². The third kappa shape index (κ3) is 5.49. The highest BCUT2D eigenvalue weighted by atomic mass is 79.9. The number of amidine groups is 1. The normalized spacial score (nSPS) is 20.9. The van der Waals surface area contributed by atoms with Crippen molar-refractivity contribution in [1.82, 2.24) is 19.6 Å². The molecule has 2 unspecified atom stereocenters. The zero-order valence-corrected chi connectivity index (χ0v) is 27.6. The van der Waals surface area contributed by atoms with Crippen molar-refractivity contribution < 1.29 is 27.6 Å². The predicted molar refractivity (Wildman–Crippen MR) is 176 cm³/mol. The largest absolute Gasteiger partial charge is 0.417 e. The van der Waals surface area contributed by atoms with Crippen LogP contribution in [0.1, 0.15) is 52.0 Å². The lowest BCUT2D eigenvalue weighted by Crippen LogP contribution is -2.56. The molecule has 4 aromatic rings. The standard InChI is InChI=1S/C35H30BrF3N6O3/c1-20-14-26-29(19-43(20)33(47)23-10-13-28(36)27(16-23)35(37,38)39)45-32(24(17-41-45)15-21-6-4-3-5-7-21)44(34(26)48)25-11-8-22(9-12-25)31-40-18-30(46)42(31)2/h3-13,16-17,20,26,29H,14-15,18-19H2,1-2H3/t20-,26?,29?/m0/s1. The van der Waals surface area contributed by atoms with Gasteiger partial charge in [0.1, 0.15) is 18.2 Å². The first-order valence-corrected chi connectivity index (χ1v) is 16.2. The van der Waals surface area contributed by atoms with Crippen LogP contribution in [0.15, 0.2) is 88.5 Å². The molecule has 0 aliphatic carbocycles. The molecule has 0 radical (unpaired) electrons. The molecule has 1 saturated heterocycles. The highest BCUT2D eigenvalue weighted by Gasteiger charge is 2.48. The van der Waals surface area contributed by atoms with Crippen LogP contribution in [0.4, 0.5) is 24.7 Å². The van der Waals surface area contributed by atoms with E-state index >= 15 is 0 Å². The van der Waals surface area contributed by atoms with E-state index in [0.29, 0.717) is 30.2 Å². The zero-order chi connectivity index (χ0) is 33.9. The van der Waals surface area contributed by atoms with E-state index in [4.69, 9.17) is 5.10 Å². The predicted octanol–water partition coefficient (Wildman–Crippen LogP) is 6.24. The number of nitrogens with zero attached hydrogens (tertiary/aromatic N) is 6. The summed E-state index contributed by atoms with van der Waals surface area (Å²) in [6, 6.07) is 19.6. The third-order valence-corrected chi connectivity index (χ3v) is 10.0. The van der Waals surface area contributed by atoms with Crippen molar-refractivity contribution in [2.75, 3.05) is 25.0 Å². The second-order valence-electron chi connectivity index (χ2n) is 12.3. The van der Waals surface area contributed by atoms with Gasteiger partial charge in [0.15, 0.2) is 0 Å². The molecule has 3 aliphatic rings. The fourth-order valence-electron chi connectivity index (χ4n) is 6.86. The average Bonchev–Trinajstić information content (AvgIpc) is 3.63. The summed E-state index contributed by atoms with van der Waals surface area (Å²) in [5, 5.41) is 4.76. The summed E-state index contributed by atoms with van der Waals surface area (Å²) in [7, 11) is 1.68. The van der Waals surface area contributed by atoms with Gasteiger partial charge in [0.2, 0.25) is 11.8 Å². The van der Waals surface area contributed by atoms with Crippen LogP contribution in [0.3, 0.4) is 0 Å². The number of rotatable bonds is 5. The van der Waals surface area contributed by atoms with Crippen LogP contribution in [-0.4, -0.2) is 69.3 Å². The van der Waals surface area contributed by atoms with Gasteiger partial charge < -0.3 is 4.90 Å². The van der Waals surface area contributed by atoms with Crippen molar-refractivity contribution >= 4 is 51.0 Å². The van der Waals surface area contributed by atoms with Gasteiger partial charge in [0.25, 0.3) is 5.91 Å². The molecule has 0 N–H and O–H groups in total. The summed E-state index contributed by atoms with van der Waals surface area (Å²) >= 11 is 2.95. The highest BCUT2D eigenvalue weighted by Crippen LogP contribution is 2.45. The van der Waals surface area contributed by atoms with Crippen molar-refractivity contribution in [1.29, 1.82) is 0 Å². The van der Waals surface area contributed by atoms with Crippen LogP contribution in [0.2, 0.25) is 0 Å². The number of carbonyl (C=O) groups excluding carboxylic acids is 3. The van der Waals surface area contributed by atoms with Gasteiger partial charge in [0.05, 0.1) is 29.4 Å². The van der Waals surface area contributed by atoms with Gasteiger partial charge in [-0.3, -0.25) is 29.2 Å². The summed E-state index contributed by atoms with van der Waals surface area (Å²) in [6.45, 7) is 2.00. The summed E-state index contributed by atoms with van der Waals surface area (Å²) in [5.74, 6) is -0.193. The van der Waals surface area contributed by atoms with E-state index in [0.717, 1.165) is 22.8 Å². The number of amides is 3. The lowest BCUT2D eigenvalue weighted by atomic mass is 9.84. The fraction of sp³-hybridized carbons (Fsp3) is 0.286. The molecule has 3 amide bonds. The Morgan fingerprint density at radius 2 is 1.75 bits per heavy atom. The van der Waals surface area contributed by atoms with E-state index in [1.54, 1.807) is 27.7 Å². The molecule has 246 valence electrons. The number of alkyl halides is 3. The Balaban J connectivity index is 1.26. The van der Waals surface area contributed by atoms with Crippen molar-refractivity contribution in [2.24, 2.45) is 10.9 Å². The maximum Gasteiger partial charge on any atom is 0.417 e. The van der Waals surface area contributed by atoms with Crippen molar-refractivity contribution in [3.05, 3.63) is 111 Å². The van der Waals surface area contributed by atoms with Crippen molar-refractivity contribution in [3.8, 4) is 0 Å². The number of likely N-dealkylation sites (tertiary alicyclic amines) is 1. The van der Waals surface area contributed by atoms with Gasteiger partial charge in [-0.1, -0.05) is 46.3 Å². The number of likely N-dealkylation sites (N-methyl/N-ethyl adjacent to an activating group) is 1. The van der Waals surface area contributed by atoms with Crippen LogP contribution in [0.25, 0.3) is 0 Å². The smallest absolute Gasteiger partial charge is 0.334 e. The number of anilines is 2. The Kier molecular flexibility index (Phi) is 7.97. The lowest BCUT2D eigenvalue weighted by molar-refractivity contribution is -0.138. The molecule has 3 aliphatic heterocycles. The Bertz CT molecular complexity index is 1960. The minimum absolute atomic E-state index is 0.0793. The first-order chi connectivity index (χ1) is 22.9. The van der Waals surface area contributed by atoms with Crippen molar-refractivity contribution in [3.63, 3.8) is 0 Å². The molecule has 1 aromatic heterocycles. The Morgan fingerprint density at radius 3 is 2.42 bits per heavy atom. The molecule has 1 fully saturated rings. The molecule has 48 heavy (non-hydrogen) atoms. The van der Waals surface area contributed by atoms with Gasteiger partial charge in [-0.15, -0.1) is 0 Å². The molecule has 3 atom stereocenters. The van der Waals surface area contributed by atoms with E-state index < -0.39 is 35.6 Å². The number of benzene rings is 3. The van der Waals surface area contributed by atoms with Crippen LogP contribution in [0.5, 0.6) is 0 Å². The van der Waals surface area contributed by atoms with E-state index in [9.17, 15) is 27.6 Å². The first kappa shape index (κ1) is 31.8. The van der Waals surface area contributed by atoms with Gasteiger partial charge in [-0.2, -0.15) is 18.3 Å². The average molecular weight is 720 g/mol. The van der Waals surface area contributed by atoms with Gasteiger partial charge in [-0.25, -0.2) is 4.68 Å². The summed E-state index contributed by atoms with van der Waals surface area (Å²) in [5.41, 5.74) is 2.19.